The summed E-state index contributed by atoms with van der Waals surface area (Å²) in [5.74, 6) is 1.46. The van der Waals surface area contributed by atoms with Crippen molar-refractivity contribution < 1.29 is 17.6 Å². The molecule has 132 valence electrons. The van der Waals surface area contributed by atoms with Crippen LogP contribution in [-0.2, 0) is 6.54 Å². The Hall–Kier alpha value is -0.970. The molecule has 0 bridgehead atoms. The number of halogens is 4. The van der Waals surface area contributed by atoms with Crippen molar-refractivity contribution >= 4 is 29.9 Å². The molecule has 0 amide bonds. The molecule has 1 N–H and O–H groups in total. The van der Waals surface area contributed by atoms with E-state index in [2.05, 4.69) is 10.3 Å². The molecule has 1 aliphatic heterocycles. The highest BCUT2D eigenvalue weighted by atomic mass is 127. The average Bonchev–Trinajstić information content (AvgIpc) is 3.00. The van der Waals surface area contributed by atoms with Crippen LogP contribution in [0.4, 0.5) is 13.2 Å². The van der Waals surface area contributed by atoms with Gasteiger partial charge in [0.15, 0.2) is 5.96 Å². The van der Waals surface area contributed by atoms with Crippen molar-refractivity contribution in [3.63, 3.8) is 0 Å². The van der Waals surface area contributed by atoms with Gasteiger partial charge in [0.1, 0.15) is 11.8 Å². The first kappa shape index (κ1) is 20.1. The molecule has 2 rings (SSSR count). The Morgan fingerprint density at radius 2 is 2.00 bits per heavy atom. The minimum absolute atomic E-state index is 0. The fraction of sp³-hybridized carbons (Fsp3) is 0.643. The van der Waals surface area contributed by atoms with Crippen LogP contribution in [0.5, 0.6) is 0 Å². The Kier molecular flexibility index (Phi) is 7.65. The van der Waals surface area contributed by atoms with E-state index in [9.17, 15) is 13.2 Å². The van der Waals surface area contributed by atoms with Crippen LogP contribution in [0.25, 0.3) is 0 Å². The first-order valence-electron chi connectivity index (χ1n) is 7.20. The molecule has 1 aromatic heterocycles. The van der Waals surface area contributed by atoms with E-state index in [0.717, 1.165) is 5.76 Å². The fourth-order valence-corrected chi connectivity index (χ4v) is 2.44. The highest BCUT2D eigenvalue weighted by molar-refractivity contribution is 14.0. The zero-order valence-electron chi connectivity index (χ0n) is 13.1. The van der Waals surface area contributed by atoms with Gasteiger partial charge in [-0.2, -0.15) is 13.2 Å². The van der Waals surface area contributed by atoms with Crippen LogP contribution in [0, 0.1) is 0 Å². The van der Waals surface area contributed by atoms with Crippen molar-refractivity contribution in [2.45, 2.75) is 25.7 Å². The Morgan fingerprint density at radius 3 is 2.48 bits per heavy atom. The van der Waals surface area contributed by atoms with Gasteiger partial charge in [-0.25, -0.2) is 0 Å². The van der Waals surface area contributed by atoms with Gasteiger partial charge >= 0.3 is 6.18 Å². The van der Waals surface area contributed by atoms with E-state index in [4.69, 9.17) is 4.42 Å². The normalized spacial score (nSPS) is 18.5. The minimum Gasteiger partial charge on any atom is -0.467 e. The zero-order valence-corrected chi connectivity index (χ0v) is 15.5. The first-order chi connectivity index (χ1) is 10.4. The van der Waals surface area contributed by atoms with Gasteiger partial charge in [-0.1, -0.05) is 0 Å². The summed E-state index contributed by atoms with van der Waals surface area (Å²) in [7, 11) is 1.66. The molecule has 23 heavy (non-hydrogen) atoms. The van der Waals surface area contributed by atoms with Gasteiger partial charge in [-0.15, -0.1) is 24.0 Å². The van der Waals surface area contributed by atoms with Gasteiger partial charge in [-0.3, -0.25) is 9.89 Å². The number of aliphatic imine (C=N–C) groups is 1. The molecule has 0 saturated carbocycles. The molecule has 9 heteroatoms. The third-order valence-electron chi connectivity index (χ3n) is 3.85. The monoisotopic (exact) mass is 446 g/mol. The lowest BCUT2D eigenvalue weighted by molar-refractivity contribution is -0.181. The first-order valence-corrected chi connectivity index (χ1v) is 7.20. The largest absolute Gasteiger partial charge is 0.467 e. The van der Waals surface area contributed by atoms with E-state index < -0.39 is 12.2 Å². The van der Waals surface area contributed by atoms with Crippen LogP contribution in [0.1, 0.15) is 12.7 Å². The number of guanidine groups is 1. The van der Waals surface area contributed by atoms with Gasteiger partial charge in [-0.05, 0) is 19.1 Å². The molecule has 0 aliphatic carbocycles. The second-order valence-electron chi connectivity index (χ2n) is 5.22. The van der Waals surface area contributed by atoms with Gasteiger partial charge < -0.3 is 14.6 Å². The number of piperazine rings is 1. The molecule has 5 nitrogen and oxygen atoms in total. The maximum Gasteiger partial charge on any atom is 0.403 e. The number of hydrogen-bond acceptors (Lipinski definition) is 3. The maximum absolute atomic E-state index is 12.7. The van der Waals surface area contributed by atoms with Crippen LogP contribution >= 0.6 is 24.0 Å². The molecule has 1 saturated heterocycles. The number of hydrogen-bond donors (Lipinski definition) is 1. The van der Waals surface area contributed by atoms with Crippen LogP contribution in [0.15, 0.2) is 27.8 Å². The van der Waals surface area contributed by atoms with Crippen LogP contribution in [0.3, 0.4) is 0 Å². The second-order valence-corrected chi connectivity index (χ2v) is 5.22. The Morgan fingerprint density at radius 1 is 1.35 bits per heavy atom. The predicted octanol–water partition coefficient (Wildman–Crippen LogP) is 2.54. The molecule has 1 fully saturated rings. The summed E-state index contributed by atoms with van der Waals surface area (Å²) in [6.07, 6.45) is -2.58. The SMILES string of the molecule is CN=C(NCc1ccco1)N1CCN(C(C)C(F)(F)F)CC1.I. The van der Waals surface area contributed by atoms with E-state index in [1.807, 2.05) is 11.0 Å². The number of nitrogens with zero attached hydrogens (tertiary/aromatic N) is 3. The highest BCUT2D eigenvalue weighted by Gasteiger charge is 2.41. The molecule has 0 spiro atoms. The van der Waals surface area contributed by atoms with Crippen molar-refractivity contribution in [2.24, 2.45) is 4.99 Å². The summed E-state index contributed by atoms with van der Waals surface area (Å²) >= 11 is 0. The fourth-order valence-electron chi connectivity index (χ4n) is 2.44. The summed E-state index contributed by atoms with van der Waals surface area (Å²) < 4.78 is 43.4. The zero-order chi connectivity index (χ0) is 16.2. The summed E-state index contributed by atoms with van der Waals surface area (Å²) in [5.41, 5.74) is 0. The third kappa shape index (κ3) is 5.55. The summed E-state index contributed by atoms with van der Waals surface area (Å²) in [5, 5.41) is 3.16. The van der Waals surface area contributed by atoms with Crippen molar-refractivity contribution in [3.05, 3.63) is 24.2 Å². The van der Waals surface area contributed by atoms with E-state index in [1.165, 1.54) is 11.8 Å². The quantitative estimate of drug-likeness (QED) is 0.441. The molecule has 1 unspecified atom stereocenters. The third-order valence-corrected chi connectivity index (χ3v) is 3.85. The molecule has 0 radical (unpaired) electrons. The lowest BCUT2D eigenvalue weighted by Gasteiger charge is -2.39. The van der Waals surface area contributed by atoms with Crippen molar-refractivity contribution in [1.82, 2.24) is 15.1 Å². The second kappa shape index (κ2) is 8.76. The number of furan rings is 1. The van der Waals surface area contributed by atoms with E-state index in [0.29, 0.717) is 38.7 Å². The van der Waals surface area contributed by atoms with Crippen LogP contribution in [-0.4, -0.2) is 61.2 Å². The topological polar surface area (TPSA) is 44.0 Å². The lowest BCUT2D eigenvalue weighted by atomic mass is 10.2. The van der Waals surface area contributed by atoms with Gasteiger partial charge in [0.25, 0.3) is 0 Å². The molecule has 2 heterocycles. The number of alkyl halides is 3. The Labute approximate surface area is 150 Å². The number of rotatable bonds is 3. The molecular weight excluding hydrogens is 424 g/mol. The molecule has 1 aromatic rings. The molecule has 1 atom stereocenters. The van der Waals surface area contributed by atoms with Crippen LogP contribution in [0.2, 0.25) is 0 Å². The van der Waals surface area contributed by atoms with Gasteiger partial charge in [0.2, 0.25) is 0 Å². The minimum atomic E-state index is -4.18. The highest BCUT2D eigenvalue weighted by Crippen LogP contribution is 2.25. The lowest BCUT2D eigenvalue weighted by Crippen LogP contribution is -2.56. The Balaban J connectivity index is 0.00000264. The van der Waals surface area contributed by atoms with E-state index in [-0.39, 0.29) is 24.0 Å². The van der Waals surface area contributed by atoms with Crippen molar-refractivity contribution in [2.75, 3.05) is 33.2 Å². The summed E-state index contributed by atoms with van der Waals surface area (Å²) in [6.45, 7) is 3.46. The smallest absolute Gasteiger partial charge is 0.403 e. The standard InChI is InChI=1S/C14H21F3N4O.HI/c1-11(14(15,16)17)20-5-7-21(8-6-20)13(18-2)19-10-12-4-3-9-22-12;/h3-4,9,11H,5-8,10H2,1-2H3,(H,18,19);1H. The average molecular weight is 446 g/mol. The maximum atomic E-state index is 12.7. The summed E-state index contributed by atoms with van der Waals surface area (Å²) in [4.78, 5) is 7.59. The van der Waals surface area contributed by atoms with Crippen LogP contribution < -0.4 is 5.32 Å². The van der Waals surface area contributed by atoms with Gasteiger partial charge in [0, 0.05) is 33.2 Å². The molecule has 1 aliphatic rings. The van der Waals surface area contributed by atoms with Gasteiger partial charge in [0.05, 0.1) is 12.8 Å². The van der Waals surface area contributed by atoms with E-state index in [1.54, 1.807) is 19.4 Å². The summed E-state index contributed by atoms with van der Waals surface area (Å²) in [6, 6.07) is 2.24. The predicted molar refractivity (Wildman–Crippen MR) is 93.0 cm³/mol. The Bertz CT molecular complexity index is 485. The molecule has 0 aromatic carbocycles. The van der Waals surface area contributed by atoms with Crippen molar-refractivity contribution in [3.8, 4) is 0 Å². The van der Waals surface area contributed by atoms with Crippen molar-refractivity contribution in [1.29, 1.82) is 0 Å². The number of nitrogens with one attached hydrogen (secondary N) is 1. The molecular formula is C14H22F3IN4O. The van der Waals surface area contributed by atoms with E-state index >= 15 is 0 Å².